The molecule has 3 atom stereocenters. The normalized spacial score (nSPS) is 19.3. The van der Waals surface area contributed by atoms with Crippen LogP contribution in [0.1, 0.15) is 41.3 Å². The Hall–Kier alpha value is -4.17. The van der Waals surface area contributed by atoms with Crippen LogP contribution >= 0.6 is 12.2 Å². The lowest BCUT2D eigenvalue weighted by atomic mass is 9.74. The number of aromatic nitrogens is 2. The number of nitrogens with zero attached hydrogens (tertiary/aromatic N) is 4. The third-order valence-electron chi connectivity index (χ3n) is 8.21. The average Bonchev–Trinajstić information content (AvgIpc) is 3.65. The lowest BCUT2D eigenvalue weighted by Crippen LogP contribution is -2.58. The van der Waals surface area contributed by atoms with Crippen molar-refractivity contribution in [3.8, 4) is 0 Å². The van der Waals surface area contributed by atoms with Crippen LogP contribution in [-0.4, -0.2) is 63.5 Å². The summed E-state index contributed by atoms with van der Waals surface area (Å²) in [4.78, 5) is 22.6. The van der Waals surface area contributed by atoms with Crippen LogP contribution in [0.25, 0.3) is 0 Å². The first kappa shape index (κ1) is 27.0. The number of cyclic esters (lactones) is 1. The van der Waals surface area contributed by atoms with Crippen molar-refractivity contribution < 1.29 is 14.3 Å². The van der Waals surface area contributed by atoms with Crippen LogP contribution in [0.3, 0.4) is 0 Å². The van der Waals surface area contributed by atoms with Gasteiger partial charge in [-0.2, -0.15) is 0 Å². The molecule has 2 aliphatic rings. The third kappa shape index (κ3) is 4.76. The molecule has 1 unspecified atom stereocenters. The van der Waals surface area contributed by atoms with Crippen LogP contribution in [0.4, 0.5) is 4.79 Å². The van der Waals surface area contributed by atoms with Gasteiger partial charge < -0.3 is 18.9 Å². The van der Waals surface area contributed by atoms with E-state index < -0.39 is 23.8 Å². The standard InChI is InChI=1S/C33H34N4O3S/c1-35(2)32(41)40-29(27-19-12-21-36-22-20-34-30(27)36)28-23-39-31(38)37(28)33(24-13-6-3-7-14-24,25-15-8-4-9-16-25)26-17-10-5-11-18-26/h3-11,13-18,20,22,27-29H,12,19,21,23H2,1-2H3/t27?,28-,29+/m0/s1. The molecule has 4 aromatic rings. The number of thiocarbonyl (C=S) groups is 1. The summed E-state index contributed by atoms with van der Waals surface area (Å²) in [5, 5.41) is 0.364. The van der Waals surface area contributed by atoms with Gasteiger partial charge in [-0.15, -0.1) is 0 Å². The number of carbonyl (C=O) groups excluding carboxylic acids is 1. The van der Waals surface area contributed by atoms with E-state index in [0.29, 0.717) is 5.17 Å². The van der Waals surface area contributed by atoms with Crippen molar-refractivity contribution in [3.63, 3.8) is 0 Å². The highest BCUT2D eigenvalue weighted by Crippen LogP contribution is 2.47. The SMILES string of the molecule is CN(C)C(=S)O[C@H](C1CCCn2ccnc21)[C@@H]1COC(=O)N1C(c1ccccc1)(c1ccccc1)c1ccccc1. The second-order valence-corrected chi connectivity index (χ2v) is 11.1. The largest absolute Gasteiger partial charge is 0.464 e. The van der Waals surface area contributed by atoms with E-state index in [0.717, 1.165) is 41.9 Å². The first-order chi connectivity index (χ1) is 20.0. The molecule has 8 heteroatoms. The summed E-state index contributed by atoms with van der Waals surface area (Å²) in [6, 6.07) is 30.1. The summed E-state index contributed by atoms with van der Waals surface area (Å²) >= 11 is 5.71. The zero-order valence-corrected chi connectivity index (χ0v) is 24.1. The van der Waals surface area contributed by atoms with Gasteiger partial charge in [0.1, 0.15) is 30.1 Å². The first-order valence-corrected chi connectivity index (χ1v) is 14.4. The second kappa shape index (κ2) is 11.4. The number of imidazole rings is 1. The quantitative estimate of drug-likeness (QED) is 0.208. The number of hydrogen-bond donors (Lipinski definition) is 0. The molecule has 0 spiro atoms. The monoisotopic (exact) mass is 566 g/mol. The molecule has 1 saturated heterocycles. The highest BCUT2D eigenvalue weighted by molar-refractivity contribution is 7.80. The van der Waals surface area contributed by atoms with Crippen molar-refractivity contribution in [2.24, 2.45) is 0 Å². The van der Waals surface area contributed by atoms with Crippen molar-refractivity contribution in [1.82, 2.24) is 19.4 Å². The van der Waals surface area contributed by atoms with E-state index in [2.05, 4.69) is 41.0 Å². The molecular formula is C33H34N4O3S. The van der Waals surface area contributed by atoms with E-state index in [1.54, 1.807) is 4.90 Å². The molecule has 1 fully saturated rings. The first-order valence-electron chi connectivity index (χ1n) is 14.0. The van der Waals surface area contributed by atoms with Gasteiger partial charge in [0, 0.05) is 33.0 Å². The lowest BCUT2D eigenvalue weighted by Gasteiger charge is -2.47. The van der Waals surface area contributed by atoms with Crippen LogP contribution in [-0.2, 0) is 21.6 Å². The van der Waals surface area contributed by atoms with Gasteiger partial charge in [0.15, 0.2) is 0 Å². The summed E-state index contributed by atoms with van der Waals surface area (Å²) in [7, 11) is 3.75. The molecule has 1 amide bonds. The van der Waals surface area contributed by atoms with Crippen molar-refractivity contribution in [2.45, 2.75) is 43.0 Å². The van der Waals surface area contributed by atoms with Gasteiger partial charge in [-0.3, -0.25) is 4.90 Å². The van der Waals surface area contributed by atoms with Crippen LogP contribution in [0.5, 0.6) is 0 Å². The Balaban J connectivity index is 1.59. The van der Waals surface area contributed by atoms with Gasteiger partial charge >= 0.3 is 6.09 Å². The topological polar surface area (TPSA) is 59.8 Å². The smallest absolute Gasteiger partial charge is 0.411 e. The number of rotatable bonds is 7. The summed E-state index contributed by atoms with van der Waals surface area (Å²) < 4.78 is 14.8. The maximum atomic E-state index is 14.1. The van der Waals surface area contributed by atoms with E-state index in [1.807, 2.05) is 86.0 Å². The molecule has 7 nitrogen and oxygen atoms in total. The average molecular weight is 567 g/mol. The minimum atomic E-state index is -0.993. The Bertz CT molecular complexity index is 1400. The lowest BCUT2D eigenvalue weighted by molar-refractivity contribution is 0.0330. The number of carbonyl (C=O) groups is 1. The number of benzene rings is 3. The molecule has 41 heavy (non-hydrogen) atoms. The summed E-state index contributed by atoms with van der Waals surface area (Å²) in [5.74, 6) is 0.866. The molecule has 1 aromatic heterocycles. The Labute approximate surface area is 246 Å². The van der Waals surface area contributed by atoms with E-state index >= 15 is 0 Å². The highest BCUT2D eigenvalue weighted by Gasteiger charge is 2.56. The van der Waals surface area contributed by atoms with Crippen molar-refractivity contribution in [2.75, 3.05) is 20.7 Å². The fourth-order valence-corrected chi connectivity index (χ4v) is 6.54. The molecule has 3 heterocycles. The minimum Gasteiger partial charge on any atom is -0.464 e. The van der Waals surface area contributed by atoms with Crippen molar-refractivity contribution >= 4 is 23.5 Å². The van der Waals surface area contributed by atoms with Crippen LogP contribution < -0.4 is 0 Å². The van der Waals surface area contributed by atoms with Gasteiger partial charge in [0.25, 0.3) is 5.17 Å². The van der Waals surface area contributed by atoms with Gasteiger partial charge in [0.05, 0.1) is 5.92 Å². The molecule has 0 N–H and O–H groups in total. The third-order valence-corrected chi connectivity index (χ3v) is 8.67. The Morgan fingerprint density at radius 2 is 1.54 bits per heavy atom. The molecule has 6 rings (SSSR count). The molecule has 210 valence electrons. The molecule has 0 bridgehead atoms. The number of amides is 1. The summed E-state index contributed by atoms with van der Waals surface area (Å²) in [6.45, 7) is 1.08. The zero-order chi connectivity index (χ0) is 28.4. The van der Waals surface area contributed by atoms with E-state index in [-0.39, 0.29) is 12.5 Å². The van der Waals surface area contributed by atoms with Crippen molar-refractivity contribution in [1.29, 1.82) is 0 Å². The van der Waals surface area contributed by atoms with Gasteiger partial charge in [0.2, 0.25) is 0 Å². The number of aryl methyl sites for hydroxylation is 1. The van der Waals surface area contributed by atoms with E-state index in [1.165, 1.54) is 0 Å². The Morgan fingerprint density at radius 3 is 2.07 bits per heavy atom. The minimum absolute atomic E-state index is 0.0846. The zero-order valence-electron chi connectivity index (χ0n) is 23.3. The molecule has 3 aromatic carbocycles. The molecule has 0 radical (unpaired) electrons. The number of fused-ring (bicyclic) bond motifs is 1. The van der Waals surface area contributed by atoms with Crippen LogP contribution in [0.15, 0.2) is 103 Å². The predicted molar refractivity (Wildman–Crippen MR) is 162 cm³/mol. The molecule has 0 saturated carbocycles. The maximum absolute atomic E-state index is 14.1. The maximum Gasteiger partial charge on any atom is 0.411 e. The Morgan fingerprint density at radius 1 is 0.976 bits per heavy atom. The van der Waals surface area contributed by atoms with Gasteiger partial charge in [-0.1, -0.05) is 91.0 Å². The fraction of sp³-hybridized carbons (Fsp3) is 0.303. The van der Waals surface area contributed by atoms with Crippen molar-refractivity contribution in [3.05, 3.63) is 126 Å². The molecule has 0 aliphatic carbocycles. The Kier molecular flexibility index (Phi) is 7.49. The fourth-order valence-electron chi connectivity index (χ4n) is 6.43. The van der Waals surface area contributed by atoms with E-state index in [4.69, 9.17) is 26.7 Å². The van der Waals surface area contributed by atoms with Gasteiger partial charge in [-0.25, -0.2) is 9.78 Å². The second-order valence-electron chi connectivity index (χ2n) is 10.8. The molecular weight excluding hydrogens is 532 g/mol. The highest BCUT2D eigenvalue weighted by atomic mass is 32.1. The number of ether oxygens (including phenoxy) is 2. The van der Waals surface area contributed by atoms with Crippen LogP contribution in [0, 0.1) is 0 Å². The molecule has 2 aliphatic heterocycles. The summed E-state index contributed by atoms with van der Waals surface area (Å²) in [5.41, 5.74) is 1.88. The van der Waals surface area contributed by atoms with Crippen LogP contribution in [0.2, 0.25) is 0 Å². The number of hydrogen-bond acceptors (Lipinski definition) is 5. The predicted octanol–water partition coefficient (Wildman–Crippen LogP) is 5.81. The van der Waals surface area contributed by atoms with E-state index in [9.17, 15) is 4.79 Å². The summed E-state index contributed by atoms with van der Waals surface area (Å²) in [6.07, 6.45) is 4.81. The van der Waals surface area contributed by atoms with Gasteiger partial charge in [-0.05, 0) is 41.7 Å².